The molecule has 0 aromatic carbocycles. The van der Waals surface area contributed by atoms with Gasteiger partial charge in [0, 0.05) is 13.2 Å². The van der Waals surface area contributed by atoms with Gasteiger partial charge in [0.25, 0.3) is 0 Å². The van der Waals surface area contributed by atoms with E-state index in [0.29, 0.717) is 6.10 Å². The monoisotopic (exact) mass is 171 g/mol. The Hall–Kier alpha value is -0.0800. The van der Waals surface area contributed by atoms with Crippen LogP contribution in [0.5, 0.6) is 0 Å². The van der Waals surface area contributed by atoms with Crippen molar-refractivity contribution in [2.24, 2.45) is 11.8 Å². The van der Waals surface area contributed by atoms with E-state index < -0.39 is 0 Å². The highest BCUT2D eigenvalue weighted by Crippen LogP contribution is 2.23. The zero-order chi connectivity index (χ0) is 8.97. The molecule has 0 saturated carbocycles. The summed E-state index contributed by atoms with van der Waals surface area (Å²) in [6.45, 7) is 9.70. The predicted molar refractivity (Wildman–Crippen MR) is 51.2 cm³/mol. The van der Waals surface area contributed by atoms with Gasteiger partial charge in [0.1, 0.15) is 0 Å². The second-order valence-electron chi connectivity index (χ2n) is 3.89. The summed E-state index contributed by atoms with van der Waals surface area (Å²) in [6.07, 6.45) is 1.71. The normalized spacial score (nSPS) is 31.0. The Morgan fingerprint density at radius 2 is 2.25 bits per heavy atom. The lowest BCUT2D eigenvalue weighted by Gasteiger charge is -2.34. The van der Waals surface area contributed by atoms with Gasteiger partial charge in [-0.25, -0.2) is 0 Å². The van der Waals surface area contributed by atoms with E-state index >= 15 is 0 Å². The molecule has 1 fully saturated rings. The van der Waals surface area contributed by atoms with Crippen LogP contribution in [0.3, 0.4) is 0 Å². The first-order valence-corrected chi connectivity index (χ1v) is 5.08. The average Bonchev–Trinajstić information content (AvgIpc) is 2.05. The Kier molecular flexibility index (Phi) is 4.02. The van der Waals surface area contributed by atoms with Crippen LogP contribution in [0.1, 0.15) is 27.2 Å². The third-order valence-corrected chi connectivity index (χ3v) is 2.71. The van der Waals surface area contributed by atoms with Crippen LogP contribution in [0.25, 0.3) is 0 Å². The molecule has 72 valence electrons. The van der Waals surface area contributed by atoms with Crippen molar-refractivity contribution in [3.05, 3.63) is 0 Å². The van der Waals surface area contributed by atoms with Crippen LogP contribution >= 0.6 is 0 Å². The minimum absolute atomic E-state index is 0.448. The minimum Gasteiger partial charge on any atom is -0.377 e. The largest absolute Gasteiger partial charge is 0.377 e. The highest BCUT2D eigenvalue weighted by Gasteiger charge is 2.27. The number of hydrogen-bond donors (Lipinski definition) is 1. The highest BCUT2D eigenvalue weighted by atomic mass is 16.5. The number of piperidine rings is 1. The van der Waals surface area contributed by atoms with Crippen LogP contribution < -0.4 is 5.32 Å². The van der Waals surface area contributed by atoms with Gasteiger partial charge >= 0.3 is 0 Å². The molecule has 1 aliphatic rings. The van der Waals surface area contributed by atoms with Crippen LogP contribution in [-0.2, 0) is 4.74 Å². The molecule has 0 aliphatic carbocycles. The van der Waals surface area contributed by atoms with Gasteiger partial charge in [-0.05, 0) is 31.7 Å². The number of rotatable bonds is 3. The number of hydrogen-bond acceptors (Lipinski definition) is 2. The summed E-state index contributed by atoms with van der Waals surface area (Å²) in [5.41, 5.74) is 0. The Morgan fingerprint density at radius 1 is 1.50 bits per heavy atom. The number of ether oxygens (including phenoxy) is 1. The lowest BCUT2D eigenvalue weighted by molar-refractivity contribution is -0.0106. The van der Waals surface area contributed by atoms with Gasteiger partial charge in [0.15, 0.2) is 0 Å². The van der Waals surface area contributed by atoms with Crippen LogP contribution in [0.2, 0.25) is 0 Å². The van der Waals surface area contributed by atoms with Crippen LogP contribution in [0, 0.1) is 11.8 Å². The summed E-state index contributed by atoms with van der Waals surface area (Å²) in [5.74, 6) is 1.51. The smallest absolute Gasteiger partial charge is 0.0730 e. The summed E-state index contributed by atoms with van der Waals surface area (Å²) in [6, 6.07) is 0. The Morgan fingerprint density at radius 3 is 2.83 bits per heavy atom. The molecule has 1 heterocycles. The quantitative estimate of drug-likeness (QED) is 0.697. The van der Waals surface area contributed by atoms with E-state index in [1.54, 1.807) is 0 Å². The van der Waals surface area contributed by atoms with Crippen LogP contribution in [0.15, 0.2) is 0 Å². The molecule has 12 heavy (non-hydrogen) atoms. The molecule has 0 aromatic rings. The van der Waals surface area contributed by atoms with Gasteiger partial charge in [0.2, 0.25) is 0 Å². The molecule has 0 amide bonds. The van der Waals surface area contributed by atoms with Crippen molar-refractivity contribution < 1.29 is 4.74 Å². The molecular formula is C10H21NO. The summed E-state index contributed by atoms with van der Waals surface area (Å²) >= 11 is 0. The maximum Gasteiger partial charge on any atom is 0.0730 e. The third kappa shape index (κ3) is 2.46. The molecule has 1 N–H and O–H groups in total. The molecule has 0 aromatic heterocycles. The van der Waals surface area contributed by atoms with Crippen molar-refractivity contribution in [1.82, 2.24) is 5.32 Å². The Balaban J connectivity index is 2.42. The minimum atomic E-state index is 0.448. The molecule has 2 nitrogen and oxygen atoms in total. The predicted octanol–water partition coefficient (Wildman–Crippen LogP) is 1.66. The van der Waals surface area contributed by atoms with Crippen molar-refractivity contribution >= 4 is 0 Å². The lowest BCUT2D eigenvalue weighted by Crippen LogP contribution is -2.44. The van der Waals surface area contributed by atoms with E-state index in [0.717, 1.165) is 31.5 Å². The fraction of sp³-hybridized carbons (Fsp3) is 1.00. The zero-order valence-corrected chi connectivity index (χ0v) is 8.47. The highest BCUT2D eigenvalue weighted by molar-refractivity contribution is 4.80. The van der Waals surface area contributed by atoms with E-state index in [4.69, 9.17) is 4.74 Å². The Labute approximate surface area is 75.7 Å². The average molecular weight is 171 g/mol. The van der Waals surface area contributed by atoms with E-state index in [2.05, 4.69) is 26.1 Å². The molecule has 1 saturated heterocycles. The topological polar surface area (TPSA) is 21.3 Å². The second-order valence-corrected chi connectivity index (χ2v) is 3.89. The van der Waals surface area contributed by atoms with E-state index in [-0.39, 0.29) is 0 Å². The fourth-order valence-corrected chi connectivity index (χ4v) is 2.01. The molecule has 2 atom stereocenters. The second kappa shape index (κ2) is 4.83. The van der Waals surface area contributed by atoms with Gasteiger partial charge in [-0.1, -0.05) is 13.8 Å². The zero-order valence-electron chi connectivity index (χ0n) is 8.47. The first kappa shape index (κ1) is 10.0. The molecule has 0 spiro atoms. The van der Waals surface area contributed by atoms with Gasteiger partial charge < -0.3 is 10.1 Å². The van der Waals surface area contributed by atoms with Crippen molar-refractivity contribution in [3.63, 3.8) is 0 Å². The van der Waals surface area contributed by atoms with Gasteiger partial charge in [-0.3, -0.25) is 0 Å². The summed E-state index contributed by atoms with van der Waals surface area (Å²) in [4.78, 5) is 0. The number of nitrogens with one attached hydrogen (secondary N) is 1. The maximum absolute atomic E-state index is 5.69. The Bertz CT molecular complexity index is 123. The van der Waals surface area contributed by atoms with Crippen molar-refractivity contribution in [1.29, 1.82) is 0 Å². The standard InChI is InChI=1S/C10H21NO/c1-4-12-10-7-11-6-5-9(10)8(2)3/h8-11H,4-7H2,1-3H3. The van der Waals surface area contributed by atoms with E-state index in [1.165, 1.54) is 6.42 Å². The lowest BCUT2D eigenvalue weighted by atomic mass is 9.85. The van der Waals surface area contributed by atoms with Gasteiger partial charge in [-0.15, -0.1) is 0 Å². The SMILES string of the molecule is CCOC1CNCCC1C(C)C. The molecule has 1 rings (SSSR count). The molecule has 2 heteroatoms. The molecule has 2 unspecified atom stereocenters. The van der Waals surface area contributed by atoms with Gasteiger partial charge in [-0.2, -0.15) is 0 Å². The third-order valence-electron chi connectivity index (χ3n) is 2.71. The van der Waals surface area contributed by atoms with Crippen molar-refractivity contribution in [2.75, 3.05) is 19.7 Å². The van der Waals surface area contributed by atoms with E-state index in [9.17, 15) is 0 Å². The van der Waals surface area contributed by atoms with Crippen LogP contribution in [0.4, 0.5) is 0 Å². The summed E-state index contributed by atoms with van der Waals surface area (Å²) in [5, 5.41) is 3.38. The van der Waals surface area contributed by atoms with E-state index in [1.807, 2.05) is 0 Å². The van der Waals surface area contributed by atoms with Crippen LogP contribution in [-0.4, -0.2) is 25.8 Å². The van der Waals surface area contributed by atoms with Crippen molar-refractivity contribution in [3.8, 4) is 0 Å². The van der Waals surface area contributed by atoms with Gasteiger partial charge in [0.05, 0.1) is 6.10 Å². The first-order chi connectivity index (χ1) is 5.75. The van der Waals surface area contributed by atoms with Crippen molar-refractivity contribution in [2.45, 2.75) is 33.3 Å². The fourth-order valence-electron chi connectivity index (χ4n) is 2.01. The maximum atomic E-state index is 5.69. The first-order valence-electron chi connectivity index (χ1n) is 5.08. The summed E-state index contributed by atoms with van der Waals surface area (Å²) < 4.78 is 5.69. The molecular weight excluding hydrogens is 150 g/mol. The summed E-state index contributed by atoms with van der Waals surface area (Å²) in [7, 11) is 0. The molecule has 1 aliphatic heterocycles. The molecule has 0 bridgehead atoms. The molecule has 0 radical (unpaired) electrons.